The van der Waals surface area contributed by atoms with Gasteiger partial charge in [0.25, 0.3) is 0 Å². The maximum absolute atomic E-state index is 14.2. The lowest BCUT2D eigenvalue weighted by Gasteiger charge is -2.34. The number of hydrogen-bond donors (Lipinski definition) is 2. The second kappa shape index (κ2) is 7.77. The second-order valence-corrected chi connectivity index (χ2v) is 6.40. The summed E-state index contributed by atoms with van der Waals surface area (Å²) in [7, 11) is 1.69. The number of benzene rings is 2. The third-order valence-corrected chi connectivity index (χ3v) is 4.69. The van der Waals surface area contributed by atoms with Crippen molar-refractivity contribution in [2.45, 2.75) is 38.4 Å². The van der Waals surface area contributed by atoms with Gasteiger partial charge in [-0.3, -0.25) is 0 Å². The Morgan fingerprint density at radius 3 is 2.88 bits per heavy atom. The normalized spacial score (nSPS) is 20.8. The fourth-order valence-electron chi connectivity index (χ4n) is 3.45. The average molecular weight is 328 g/mol. The summed E-state index contributed by atoms with van der Waals surface area (Å²) in [6, 6.07) is 13.4. The Kier molecular flexibility index (Phi) is 5.48. The van der Waals surface area contributed by atoms with Gasteiger partial charge in [0.2, 0.25) is 0 Å². The van der Waals surface area contributed by atoms with Crippen LogP contribution in [0.3, 0.4) is 0 Å². The summed E-state index contributed by atoms with van der Waals surface area (Å²) in [6.07, 6.45) is 2.12. The molecule has 24 heavy (non-hydrogen) atoms. The van der Waals surface area contributed by atoms with Gasteiger partial charge in [-0.1, -0.05) is 35.9 Å². The van der Waals surface area contributed by atoms with Crippen LogP contribution in [0.1, 0.15) is 35.6 Å². The first-order valence-electron chi connectivity index (χ1n) is 8.54. The quantitative estimate of drug-likeness (QED) is 0.877. The molecular formula is C20H25FN2O. The summed E-state index contributed by atoms with van der Waals surface area (Å²) in [5.41, 5.74) is 3.08. The molecule has 128 valence electrons. The van der Waals surface area contributed by atoms with Crippen LogP contribution >= 0.6 is 0 Å². The van der Waals surface area contributed by atoms with Crippen LogP contribution in [0.25, 0.3) is 0 Å². The maximum atomic E-state index is 14.2. The van der Waals surface area contributed by atoms with Crippen molar-refractivity contribution in [3.8, 4) is 5.75 Å². The van der Waals surface area contributed by atoms with Gasteiger partial charge in [0.05, 0.1) is 13.2 Å². The van der Waals surface area contributed by atoms with E-state index in [1.807, 2.05) is 24.3 Å². The lowest BCUT2D eigenvalue weighted by molar-refractivity contribution is 0.297. The highest BCUT2D eigenvalue weighted by atomic mass is 19.1. The van der Waals surface area contributed by atoms with E-state index in [9.17, 15) is 4.39 Å². The zero-order valence-electron chi connectivity index (χ0n) is 14.3. The maximum Gasteiger partial charge on any atom is 0.128 e. The fraction of sp³-hybridized carbons (Fsp3) is 0.400. The molecule has 1 fully saturated rings. The van der Waals surface area contributed by atoms with Crippen LogP contribution in [0, 0.1) is 12.7 Å². The van der Waals surface area contributed by atoms with Crippen LogP contribution in [-0.2, 0) is 6.54 Å². The van der Waals surface area contributed by atoms with Crippen LogP contribution in [0.4, 0.5) is 4.39 Å². The average Bonchev–Trinajstić information content (AvgIpc) is 2.61. The van der Waals surface area contributed by atoms with Crippen molar-refractivity contribution < 1.29 is 9.13 Å². The van der Waals surface area contributed by atoms with Crippen LogP contribution in [-0.4, -0.2) is 19.7 Å². The SMILES string of the molecule is COc1ccc(C)cc1CN[C@@H]1CCCN[C@@H]1c1ccccc1F. The van der Waals surface area contributed by atoms with Gasteiger partial charge in [0, 0.05) is 23.7 Å². The number of piperidine rings is 1. The Hall–Kier alpha value is -1.91. The molecule has 0 aromatic heterocycles. The zero-order chi connectivity index (χ0) is 16.9. The minimum atomic E-state index is -0.142. The molecule has 1 heterocycles. The summed E-state index contributed by atoms with van der Waals surface area (Å²) >= 11 is 0. The second-order valence-electron chi connectivity index (χ2n) is 6.40. The number of aryl methyl sites for hydroxylation is 1. The van der Waals surface area contributed by atoms with Crippen LogP contribution < -0.4 is 15.4 Å². The molecule has 1 saturated heterocycles. The summed E-state index contributed by atoms with van der Waals surface area (Å²) in [6.45, 7) is 3.71. The third kappa shape index (κ3) is 3.77. The summed E-state index contributed by atoms with van der Waals surface area (Å²) in [5, 5.41) is 7.08. The summed E-state index contributed by atoms with van der Waals surface area (Å²) < 4.78 is 19.6. The van der Waals surface area contributed by atoms with E-state index >= 15 is 0 Å². The molecule has 2 aromatic carbocycles. The van der Waals surface area contributed by atoms with Crippen molar-refractivity contribution in [2.24, 2.45) is 0 Å². The van der Waals surface area contributed by atoms with E-state index in [1.165, 1.54) is 11.6 Å². The molecule has 0 radical (unpaired) electrons. The van der Waals surface area contributed by atoms with E-state index in [1.54, 1.807) is 13.2 Å². The van der Waals surface area contributed by atoms with Gasteiger partial charge in [-0.2, -0.15) is 0 Å². The molecule has 0 spiro atoms. The van der Waals surface area contributed by atoms with Crippen LogP contribution in [0.5, 0.6) is 5.75 Å². The first-order chi connectivity index (χ1) is 11.7. The highest BCUT2D eigenvalue weighted by molar-refractivity contribution is 5.37. The molecule has 0 unspecified atom stereocenters. The van der Waals surface area contributed by atoms with Crippen molar-refractivity contribution in [3.63, 3.8) is 0 Å². The van der Waals surface area contributed by atoms with Crippen LogP contribution in [0.15, 0.2) is 42.5 Å². The number of methoxy groups -OCH3 is 1. The van der Waals surface area contributed by atoms with Gasteiger partial charge in [0.15, 0.2) is 0 Å². The Balaban J connectivity index is 1.75. The topological polar surface area (TPSA) is 33.3 Å². The van der Waals surface area contributed by atoms with Gasteiger partial charge in [0.1, 0.15) is 11.6 Å². The van der Waals surface area contributed by atoms with Gasteiger partial charge in [-0.05, 0) is 38.4 Å². The smallest absolute Gasteiger partial charge is 0.128 e. The molecular weight excluding hydrogens is 303 g/mol. The van der Waals surface area contributed by atoms with Gasteiger partial charge in [-0.25, -0.2) is 4.39 Å². The van der Waals surface area contributed by atoms with E-state index in [4.69, 9.17) is 4.74 Å². The molecule has 2 aromatic rings. The Labute approximate surface area is 143 Å². The number of ether oxygens (including phenoxy) is 1. The van der Waals surface area contributed by atoms with Crippen molar-refractivity contribution in [1.29, 1.82) is 0 Å². The summed E-state index contributed by atoms with van der Waals surface area (Å²) in [5.74, 6) is 0.746. The van der Waals surface area contributed by atoms with Crippen molar-refractivity contribution in [1.82, 2.24) is 10.6 Å². The van der Waals surface area contributed by atoms with Gasteiger partial charge in [-0.15, -0.1) is 0 Å². The van der Waals surface area contributed by atoms with E-state index in [0.29, 0.717) is 6.54 Å². The Morgan fingerprint density at radius 2 is 2.08 bits per heavy atom. The largest absolute Gasteiger partial charge is 0.496 e. The van der Waals surface area contributed by atoms with Crippen molar-refractivity contribution in [3.05, 3.63) is 65.0 Å². The predicted octanol–water partition coefficient (Wildman–Crippen LogP) is 3.73. The monoisotopic (exact) mass is 328 g/mol. The molecule has 1 aliphatic rings. The molecule has 2 N–H and O–H groups in total. The molecule has 0 aliphatic carbocycles. The summed E-state index contributed by atoms with van der Waals surface area (Å²) in [4.78, 5) is 0. The highest BCUT2D eigenvalue weighted by Crippen LogP contribution is 2.27. The van der Waals surface area contributed by atoms with E-state index in [-0.39, 0.29) is 17.9 Å². The first kappa shape index (κ1) is 16.9. The highest BCUT2D eigenvalue weighted by Gasteiger charge is 2.27. The predicted molar refractivity (Wildman–Crippen MR) is 94.7 cm³/mol. The van der Waals surface area contributed by atoms with E-state index in [2.05, 4.69) is 23.6 Å². The number of nitrogens with one attached hydrogen (secondary N) is 2. The number of rotatable bonds is 5. The Bertz CT molecular complexity index is 689. The minimum Gasteiger partial charge on any atom is -0.496 e. The molecule has 0 amide bonds. The van der Waals surface area contributed by atoms with E-state index in [0.717, 1.165) is 36.3 Å². The lowest BCUT2D eigenvalue weighted by atomic mass is 9.91. The number of hydrogen-bond acceptors (Lipinski definition) is 3. The molecule has 0 bridgehead atoms. The molecule has 1 aliphatic heterocycles. The number of halogens is 1. The molecule has 4 heteroatoms. The third-order valence-electron chi connectivity index (χ3n) is 4.69. The minimum absolute atomic E-state index is 0.00393. The zero-order valence-corrected chi connectivity index (χ0v) is 14.3. The van der Waals surface area contributed by atoms with Gasteiger partial charge >= 0.3 is 0 Å². The molecule has 3 nitrogen and oxygen atoms in total. The van der Waals surface area contributed by atoms with Crippen molar-refractivity contribution in [2.75, 3.05) is 13.7 Å². The Morgan fingerprint density at radius 1 is 1.25 bits per heavy atom. The van der Waals surface area contributed by atoms with Crippen LogP contribution in [0.2, 0.25) is 0 Å². The first-order valence-corrected chi connectivity index (χ1v) is 8.54. The van der Waals surface area contributed by atoms with Crippen molar-refractivity contribution >= 4 is 0 Å². The van der Waals surface area contributed by atoms with E-state index < -0.39 is 0 Å². The van der Waals surface area contributed by atoms with Gasteiger partial charge < -0.3 is 15.4 Å². The standard InChI is InChI=1S/C20H25FN2O/c1-14-9-10-19(24-2)15(12-14)13-23-18-8-5-11-22-20(18)16-6-3-4-7-17(16)21/h3-4,6-7,9-10,12,18,20,22-23H,5,8,11,13H2,1-2H3/t18-,20-/m1/s1. The molecule has 3 rings (SSSR count). The molecule has 0 saturated carbocycles. The lowest BCUT2D eigenvalue weighted by Crippen LogP contribution is -2.46. The fourth-order valence-corrected chi connectivity index (χ4v) is 3.45. The molecule has 2 atom stereocenters.